The third-order valence-electron chi connectivity index (χ3n) is 4.07. The molecule has 124 valence electrons. The maximum Gasteiger partial charge on any atom is 0.253 e. The Labute approximate surface area is 146 Å². The van der Waals surface area contributed by atoms with Crippen LogP contribution in [0.15, 0.2) is 47.5 Å². The number of rotatable bonds is 2. The van der Waals surface area contributed by atoms with Crippen molar-refractivity contribution in [2.24, 2.45) is 4.99 Å². The second-order valence-electron chi connectivity index (χ2n) is 6.19. The largest absolute Gasteiger partial charge is 0.345 e. The van der Waals surface area contributed by atoms with Crippen molar-refractivity contribution < 1.29 is 9.59 Å². The number of fused-ring (bicyclic) bond motifs is 1. The maximum absolute atomic E-state index is 12.4. The fraction of sp³-hybridized carbons (Fsp3) is 0.200. The standard InChI is InChI=1S/C20H17N3O2/c1-23(2)20(25)15-6-7-18-16(9-15)10-17(24)11-19(22-18)14-5-3-4-13(8-14)12-21/h3-9H,10-11H2,1-2H3. The first-order valence-corrected chi connectivity index (χ1v) is 7.92. The van der Waals surface area contributed by atoms with Crippen LogP contribution >= 0.6 is 0 Å². The number of benzene rings is 2. The molecule has 2 aromatic carbocycles. The molecule has 25 heavy (non-hydrogen) atoms. The molecule has 3 rings (SSSR count). The Morgan fingerprint density at radius 1 is 1.16 bits per heavy atom. The topological polar surface area (TPSA) is 73.5 Å². The lowest BCUT2D eigenvalue weighted by Crippen LogP contribution is -2.21. The highest BCUT2D eigenvalue weighted by atomic mass is 16.2. The van der Waals surface area contributed by atoms with Gasteiger partial charge in [-0.3, -0.25) is 14.6 Å². The molecule has 5 heteroatoms. The summed E-state index contributed by atoms with van der Waals surface area (Å²) in [7, 11) is 3.38. The Morgan fingerprint density at radius 3 is 2.68 bits per heavy atom. The Kier molecular flexibility index (Phi) is 4.44. The summed E-state index contributed by atoms with van der Waals surface area (Å²) in [4.78, 5) is 30.6. The van der Waals surface area contributed by atoms with E-state index in [1.807, 2.05) is 6.07 Å². The molecule has 0 saturated heterocycles. The molecule has 5 nitrogen and oxygen atoms in total. The normalized spacial score (nSPS) is 13.3. The summed E-state index contributed by atoms with van der Waals surface area (Å²) in [5, 5.41) is 9.06. The van der Waals surface area contributed by atoms with Crippen molar-refractivity contribution in [3.63, 3.8) is 0 Å². The molecular weight excluding hydrogens is 314 g/mol. The Morgan fingerprint density at radius 2 is 1.96 bits per heavy atom. The quantitative estimate of drug-likeness (QED) is 0.849. The van der Waals surface area contributed by atoms with Gasteiger partial charge >= 0.3 is 0 Å². The number of aliphatic imine (C=N–C) groups is 1. The molecule has 0 radical (unpaired) electrons. The lowest BCUT2D eigenvalue weighted by molar-refractivity contribution is -0.117. The van der Waals surface area contributed by atoms with Crippen LogP contribution in [0, 0.1) is 11.3 Å². The highest BCUT2D eigenvalue weighted by Crippen LogP contribution is 2.27. The zero-order valence-corrected chi connectivity index (χ0v) is 14.1. The summed E-state index contributed by atoms with van der Waals surface area (Å²) in [6, 6.07) is 14.4. The SMILES string of the molecule is CN(C)C(=O)c1ccc2c(c1)CC(=O)CC(c1cccc(C#N)c1)=N2. The van der Waals surface area contributed by atoms with E-state index in [-0.39, 0.29) is 24.5 Å². The van der Waals surface area contributed by atoms with Crippen LogP contribution in [-0.2, 0) is 11.2 Å². The van der Waals surface area contributed by atoms with Gasteiger partial charge in [-0.2, -0.15) is 5.26 Å². The molecule has 0 fully saturated rings. The predicted octanol–water partition coefficient (Wildman–Crippen LogP) is 2.90. The van der Waals surface area contributed by atoms with Crippen LogP contribution < -0.4 is 0 Å². The first kappa shape index (κ1) is 16.6. The van der Waals surface area contributed by atoms with Gasteiger partial charge in [-0.15, -0.1) is 0 Å². The van der Waals surface area contributed by atoms with E-state index in [9.17, 15) is 9.59 Å². The summed E-state index contributed by atoms with van der Waals surface area (Å²) >= 11 is 0. The molecule has 0 bridgehead atoms. The molecule has 0 atom stereocenters. The predicted molar refractivity (Wildman–Crippen MR) is 95.1 cm³/mol. The number of hydrogen-bond donors (Lipinski definition) is 0. The van der Waals surface area contributed by atoms with Gasteiger partial charge in [-0.1, -0.05) is 12.1 Å². The second kappa shape index (κ2) is 6.70. The second-order valence-corrected chi connectivity index (χ2v) is 6.19. The summed E-state index contributed by atoms with van der Waals surface area (Å²) in [5.74, 6) is -0.0697. The van der Waals surface area contributed by atoms with Crippen molar-refractivity contribution >= 4 is 23.1 Å². The molecule has 0 aliphatic carbocycles. The molecule has 1 aliphatic rings. The molecule has 1 heterocycles. The summed E-state index contributed by atoms with van der Waals surface area (Å²) in [6.07, 6.45) is 0.454. The number of carbonyl (C=O) groups excluding carboxylic acids is 2. The van der Waals surface area contributed by atoms with Crippen LogP contribution in [0.5, 0.6) is 0 Å². The minimum Gasteiger partial charge on any atom is -0.345 e. The fourth-order valence-electron chi connectivity index (χ4n) is 2.81. The lowest BCUT2D eigenvalue weighted by atomic mass is 10.00. The minimum atomic E-state index is -0.106. The molecular formula is C20H17N3O2. The van der Waals surface area contributed by atoms with E-state index in [1.165, 1.54) is 4.90 Å². The zero-order valence-electron chi connectivity index (χ0n) is 14.1. The molecule has 0 unspecified atom stereocenters. The first-order valence-electron chi connectivity index (χ1n) is 7.92. The zero-order chi connectivity index (χ0) is 18.0. The number of nitriles is 1. The van der Waals surface area contributed by atoms with Crippen molar-refractivity contribution in [3.05, 3.63) is 64.7 Å². The van der Waals surface area contributed by atoms with E-state index in [1.54, 1.807) is 50.5 Å². The smallest absolute Gasteiger partial charge is 0.253 e. The third-order valence-corrected chi connectivity index (χ3v) is 4.07. The van der Waals surface area contributed by atoms with E-state index in [2.05, 4.69) is 11.1 Å². The average molecular weight is 331 g/mol. The van der Waals surface area contributed by atoms with E-state index < -0.39 is 0 Å². The van der Waals surface area contributed by atoms with E-state index in [4.69, 9.17) is 5.26 Å². The van der Waals surface area contributed by atoms with Crippen LogP contribution in [0.2, 0.25) is 0 Å². The molecule has 0 saturated carbocycles. The van der Waals surface area contributed by atoms with Crippen molar-refractivity contribution in [2.75, 3.05) is 14.1 Å². The van der Waals surface area contributed by atoms with Crippen molar-refractivity contribution in [1.82, 2.24) is 4.90 Å². The molecule has 0 aromatic heterocycles. The maximum atomic E-state index is 12.4. The number of hydrogen-bond acceptors (Lipinski definition) is 4. The summed E-state index contributed by atoms with van der Waals surface area (Å²) in [5.41, 5.74) is 3.94. The monoisotopic (exact) mass is 331 g/mol. The first-order chi connectivity index (χ1) is 12.0. The van der Waals surface area contributed by atoms with Crippen molar-refractivity contribution in [2.45, 2.75) is 12.8 Å². The third kappa shape index (κ3) is 3.48. The van der Waals surface area contributed by atoms with Gasteiger partial charge in [0.2, 0.25) is 0 Å². The fourth-order valence-corrected chi connectivity index (χ4v) is 2.81. The van der Waals surface area contributed by atoms with Crippen LogP contribution in [0.25, 0.3) is 0 Å². The van der Waals surface area contributed by atoms with Crippen molar-refractivity contribution in [3.8, 4) is 6.07 Å². The van der Waals surface area contributed by atoms with Crippen LogP contribution in [-0.4, -0.2) is 36.4 Å². The Bertz CT molecular complexity index is 936. The van der Waals surface area contributed by atoms with Crippen LogP contribution in [0.1, 0.15) is 33.5 Å². The van der Waals surface area contributed by atoms with Gasteiger partial charge in [0.25, 0.3) is 5.91 Å². The minimum absolute atomic E-state index is 0.0364. The average Bonchev–Trinajstić information content (AvgIpc) is 2.78. The summed E-state index contributed by atoms with van der Waals surface area (Å²) in [6.45, 7) is 0. The van der Waals surface area contributed by atoms with E-state index >= 15 is 0 Å². The van der Waals surface area contributed by atoms with E-state index in [0.717, 1.165) is 11.1 Å². The number of amides is 1. The van der Waals surface area contributed by atoms with E-state index in [0.29, 0.717) is 22.5 Å². The molecule has 2 aromatic rings. The number of ketones is 1. The van der Waals surface area contributed by atoms with Gasteiger partial charge in [0, 0.05) is 32.5 Å². The molecule has 0 N–H and O–H groups in total. The van der Waals surface area contributed by atoms with Gasteiger partial charge in [-0.25, -0.2) is 0 Å². The highest BCUT2D eigenvalue weighted by Gasteiger charge is 2.20. The Balaban J connectivity index is 2.05. The Hall–Kier alpha value is -3.26. The molecule has 1 aliphatic heterocycles. The number of nitrogens with zero attached hydrogens (tertiary/aromatic N) is 3. The van der Waals surface area contributed by atoms with Gasteiger partial charge in [0.05, 0.1) is 23.0 Å². The van der Waals surface area contributed by atoms with Gasteiger partial charge < -0.3 is 4.90 Å². The van der Waals surface area contributed by atoms with Gasteiger partial charge in [-0.05, 0) is 41.5 Å². The van der Waals surface area contributed by atoms with Gasteiger partial charge in [0.15, 0.2) is 0 Å². The molecule has 1 amide bonds. The summed E-state index contributed by atoms with van der Waals surface area (Å²) < 4.78 is 0. The van der Waals surface area contributed by atoms with Crippen molar-refractivity contribution in [1.29, 1.82) is 5.26 Å². The molecule has 0 spiro atoms. The van der Waals surface area contributed by atoms with Crippen LogP contribution in [0.4, 0.5) is 5.69 Å². The highest BCUT2D eigenvalue weighted by molar-refractivity contribution is 6.13. The van der Waals surface area contributed by atoms with Gasteiger partial charge in [0.1, 0.15) is 5.78 Å². The lowest BCUT2D eigenvalue weighted by Gasteiger charge is -2.11. The van der Waals surface area contributed by atoms with Crippen LogP contribution in [0.3, 0.4) is 0 Å². The number of Topliss-reactive ketones (excluding diaryl/α,β-unsaturated/α-hetero) is 1. The number of carbonyl (C=O) groups is 2.